The minimum Gasteiger partial charge on any atom is -0.379 e. The van der Waals surface area contributed by atoms with Crippen LogP contribution < -0.4 is 5.32 Å². The van der Waals surface area contributed by atoms with Crippen molar-refractivity contribution < 1.29 is 4.74 Å². The van der Waals surface area contributed by atoms with E-state index < -0.39 is 0 Å². The van der Waals surface area contributed by atoms with Crippen LogP contribution >= 0.6 is 0 Å². The Bertz CT molecular complexity index is 577. The van der Waals surface area contributed by atoms with Gasteiger partial charge >= 0.3 is 0 Å². The molecular formula is C19H36N6O. The number of nitrogens with one attached hydrogen (secondary N) is 1. The van der Waals surface area contributed by atoms with Gasteiger partial charge in [0, 0.05) is 58.1 Å². The molecule has 26 heavy (non-hydrogen) atoms. The maximum atomic E-state index is 5.45. The first-order valence-corrected chi connectivity index (χ1v) is 9.76. The zero-order chi connectivity index (χ0) is 19.1. The van der Waals surface area contributed by atoms with Gasteiger partial charge < -0.3 is 15.0 Å². The second kappa shape index (κ2) is 9.92. The van der Waals surface area contributed by atoms with Crippen molar-refractivity contribution >= 4 is 5.96 Å². The quantitative estimate of drug-likeness (QED) is 0.589. The van der Waals surface area contributed by atoms with E-state index in [4.69, 9.17) is 9.73 Å². The Labute approximate surface area is 158 Å². The normalized spacial score (nSPS) is 17.6. The predicted octanol–water partition coefficient (Wildman–Crippen LogP) is 1.66. The molecule has 148 valence electrons. The monoisotopic (exact) mass is 364 g/mol. The molecule has 0 spiro atoms. The zero-order valence-electron chi connectivity index (χ0n) is 17.3. The minimum atomic E-state index is 0.417. The first kappa shape index (κ1) is 20.7. The highest BCUT2D eigenvalue weighted by Gasteiger charge is 2.18. The summed E-state index contributed by atoms with van der Waals surface area (Å²) >= 11 is 0. The molecule has 2 heterocycles. The molecule has 0 aliphatic carbocycles. The molecule has 1 N–H and O–H groups in total. The van der Waals surface area contributed by atoms with Crippen LogP contribution in [-0.2, 0) is 18.3 Å². The van der Waals surface area contributed by atoms with Crippen LogP contribution in [0.15, 0.2) is 11.2 Å². The van der Waals surface area contributed by atoms with Gasteiger partial charge in [-0.25, -0.2) is 0 Å². The van der Waals surface area contributed by atoms with Gasteiger partial charge in [0.15, 0.2) is 5.96 Å². The molecule has 0 saturated carbocycles. The fourth-order valence-corrected chi connectivity index (χ4v) is 3.32. The van der Waals surface area contributed by atoms with E-state index in [2.05, 4.69) is 61.2 Å². The number of ether oxygens (including phenoxy) is 1. The third-order valence-corrected chi connectivity index (χ3v) is 4.76. The van der Waals surface area contributed by atoms with Crippen LogP contribution in [-0.4, -0.2) is 78.0 Å². The summed E-state index contributed by atoms with van der Waals surface area (Å²) in [7, 11) is 4.08. The fraction of sp³-hybridized carbons (Fsp3) is 0.789. The Morgan fingerprint density at radius 2 is 2.04 bits per heavy atom. The smallest absolute Gasteiger partial charge is 0.194 e. The molecule has 1 fully saturated rings. The third kappa shape index (κ3) is 5.71. The number of morpholine rings is 1. The Balaban J connectivity index is 2.02. The van der Waals surface area contributed by atoms with Gasteiger partial charge in [0.1, 0.15) is 0 Å². The third-order valence-electron chi connectivity index (χ3n) is 4.76. The van der Waals surface area contributed by atoms with E-state index in [9.17, 15) is 0 Å². The highest BCUT2D eigenvalue weighted by atomic mass is 16.5. The summed E-state index contributed by atoms with van der Waals surface area (Å²) < 4.78 is 7.35. The molecule has 0 radical (unpaired) electrons. The summed E-state index contributed by atoms with van der Waals surface area (Å²) in [6.07, 6.45) is 2.12. The lowest BCUT2D eigenvalue weighted by atomic mass is 10.1. The summed E-state index contributed by atoms with van der Waals surface area (Å²) in [4.78, 5) is 9.53. The van der Waals surface area contributed by atoms with Crippen LogP contribution in [0.25, 0.3) is 0 Å². The average molecular weight is 365 g/mol. The second-order valence-electron chi connectivity index (χ2n) is 7.42. The number of rotatable bonds is 7. The van der Waals surface area contributed by atoms with Crippen molar-refractivity contribution in [2.24, 2.45) is 12.0 Å². The van der Waals surface area contributed by atoms with Crippen molar-refractivity contribution in [2.75, 3.05) is 46.4 Å². The van der Waals surface area contributed by atoms with Gasteiger partial charge in [-0.1, -0.05) is 13.8 Å². The van der Waals surface area contributed by atoms with Crippen LogP contribution in [0.5, 0.6) is 0 Å². The number of hydrogen-bond donors (Lipinski definition) is 1. The van der Waals surface area contributed by atoms with Gasteiger partial charge in [-0.05, 0) is 19.8 Å². The first-order chi connectivity index (χ1) is 12.4. The molecule has 2 rings (SSSR count). The Kier molecular flexibility index (Phi) is 7.90. The molecular weight excluding hydrogens is 328 g/mol. The number of aliphatic imine (C=N–C) groups is 1. The van der Waals surface area contributed by atoms with Crippen molar-refractivity contribution in [3.05, 3.63) is 17.5 Å². The molecule has 7 heteroatoms. The molecule has 0 amide bonds. The molecule has 1 aliphatic heterocycles. The van der Waals surface area contributed by atoms with E-state index in [-0.39, 0.29) is 0 Å². The van der Waals surface area contributed by atoms with Gasteiger partial charge in [-0.2, -0.15) is 5.10 Å². The summed E-state index contributed by atoms with van der Waals surface area (Å²) in [5.41, 5.74) is 2.42. The van der Waals surface area contributed by atoms with E-state index >= 15 is 0 Å². The maximum absolute atomic E-state index is 5.45. The molecule has 1 aromatic rings. The van der Waals surface area contributed by atoms with Crippen molar-refractivity contribution in [1.29, 1.82) is 0 Å². The molecule has 1 aliphatic rings. The summed E-state index contributed by atoms with van der Waals surface area (Å²) in [5, 5.41) is 8.04. The van der Waals surface area contributed by atoms with Gasteiger partial charge in [0.2, 0.25) is 0 Å². The van der Waals surface area contributed by atoms with E-state index in [1.165, 1.54) is 5.56 Å². The number of guanidine groups is 1. The Morgan fingerprint density at radius 1 is 1.35 bits per heavy atom. The Morgan fingerprint density at radius 3 is 2.65 bits per heavy atom. The summed E-state index contributed by atoms with van der Waals surface area (Å²) in [6.45, 7) is 14.8. The number of aryl methyl sites for hydroxylation is 1. The number of hydrogen-bond acceptors (Lipinski definition) is 4. The van der Waals surface area contributed by atoms with Crippen LogP contribution in [0.3, 0.4) is 0 Å². The second-order valence-corrected chi connectivity index (χ2v) is 7.42. The molecule has 0 aromatic carbocycles. The fourth-order valence-electron chi connectivity index (χ4n) is 3.32. The van der Waals surface area contributed by atoms with E-state index in [1.54, 1.807) is 0 Å². The van der Waals surface area contributed by atoms with Gasteiger partial charge in [-0.3, -0.25) is 14.6 Å². The van der Waals surface area contributed by atoms with Crippen LogP contribution in [0, 0.1) is 0 Å². The lowest BCUT2D eigenvalue weighted by molar-refractivity contribution is 0.0220. The first-order valence-electron chi connectivity index (χ1n) is 9.76. The average Bonchev–Trinajstić information content (AvgIpc) is 2.99. The highest BCUT2D eigenvalue weighted by Crippen LogP contribution is 2.18. The predicted molar refractivity (Wildman–Crippen MR) is 107 cm³/mol. The molecule has 1 unspecified atom stereocenters. The van der Waals surface area contributed by atoms with E-state index in [1.807, 2.05) is 11.7 Å². The highest BCUT2D eigenvalue weighted by molar-refractivity contribution is 5.79. The lowest BCUT2D eigenvalue weighted by Crippen LogP contribution is -2.44. The van der Waals surface area contributed by atoms with Crippen molar-refractivity contribution in [1.82, 2.24) is 24.9 Å². The molecule has 0 bridgehead atoms. The lowest BCUT2D eigenvalue weighted by Gasteiger charge is -2.32. The molecule has 1 atom stereocenters. The standard InChI is InChI=1S/C19H36N6O/c1-7-20-19(21-12-16(4)25-8-10-26-11-9-25)23(5)13-17-14-24(6)22-18(17)15(2)3/h14-16H,7-13H2,1-6H3,(H,20,21). The van der Waals surface area contributed by atoms with Gasteiger partial charge in [0.25, 0.3) is 0 Å². The van der Waals surface area contributed by atoms with Gasteiger partial charge in [0.05, 0.1) is 25.5 Å². The SMILES string of the molecule is CCNC(=NCC(C)N1CCOCC1)N(C)Cc1cn(C)nc1C(C)C. The number of nitrogens with zero attached hydrogens (tertiary/aromatic N) is 5. The number of aromatic nitrogens is 2. The van der Waals surface area contributed by atoms with Crippen molar-refractivity contribution in [2.45, 2.75) is 46.2 Å². The summed E-state index contributed by atoms with van der Waals surface area (Å²) in [5.74, 6) is 1.37. The zero-order valence-corrected chi connectivity index (χ0v) is 17.3. The molecule has 1 aromatic heterocycles. The van der Waals surface area contributed by atoms with Crippen molar-refractivity contribution in [3.63, 3.8) is 0 Å². The van der Waals surface area contributed by atoms with Crippen LogP contribution in [0.4, 0.5) is 0 Å². The largest absolute Gasteiger partial charge is 0.379 e. The Hall–Kier alpha value is -1.60. The van der Waals surface area contributed by atoms with Crippen LogP contribution in [0.1, 0.15) is 44.9 Å². The topological polar surface area (TPSA) is 57.9 Å². The summed E-state index contributed by atoms with van der Waals surface area (Å²) in [6, 6.07) is 0.422. The molecule has 7 nitrogen and oxygen atoms in total. The van der Waals surface area contributed by atoms with E-state index in [0.717, 1.165) is 57.6 Å². The van der Waals surface area contributed by atoms with Gasteiger partial charge in [-0.15, -0.1) is 0 Å². The van der Waals surface area contributed by atoms with Crippen LogP contribution in [0.2, 0.25) is 0 Å². The van der Waals surface area contributed by atoms with E-state index in [0.29, 0.717) is 12.0 Å². The van der Waals surface area contributed by atoms with Crippen molar-refractivity contribution in [3.8, 4) is 0 Å². The minimum absolute atomic E-state index is 0.417. The maximum Gasteiger partial charge on any atom is 0.194 e. The molecule has 1 saturated heterocycles.